The third-order valence-corrected chi connectivity index (χ3v) is 3.71. The van der Waals surface area contributed by atoms with E-state index in [-0.39, 0.29) is 0 Å². The summed E-state index contributed by atoms with van der Waals surface area (Å²) in [5, 5.41) is 2.20. The fraction of sp³-hybridized carbons (Fsp3) is 0.571. The van der Waals surface area contributed by atoms with Crippen LogP contribution in [0.5, 0.6) is 0 Å². The van der Waals surface area contributed by atoms with Gasteiger partial charge in [0.1, 0.15) is 6.54 Å². The zero-order chi connectivity index (χ0) is 7.56. The average molecular weight is 174 g/mol. The maximum atomic E-state index is 2.33. The van der Waals surface area contributed by atoms with Crippen molar-refractivity contribution in [3.8, 4) is 0 Å². The van der Waals surface area contributed by atoms with Gasteiger partial charge in [-0.3, -0.25) is 0 Å². The Hall–Kier alpha value is -0.0200. The molecular weight excluding hydrogens is 162 g/mol. The summed E-state index contributed by atoms with van der Waals surface area (Å²) in [6.45, 7) is 5.42. The molecule has 0 bridgehead atoms. The number of nitrogens with zero attached hydrogens (tertiary/aromatic N) is 1. The molecule has 0 aliphatic carbocycles. The Morgan fingerprint density at radius 2 is 2.40 bits per heavy atom. The Morgan fingerprint density at radius 1 is 1.70 bits per heavy atom. The maximum Gasteiger partial charge on any atom is 0.297 e. The van der Waals surface area contributed by atoms with Crippen LogP contribution < -0.4 is 4.57 Å². The van der Waals surface area contributed by atoms with Crippen molar-refractivity contribution in [1.82, 2.24) is 0 Å². The molecule has 0 aliphatic heterocycles. The van der Waals surface area contributed by atoms with E-state index in [1.807, 2.05) is 23.1 Å². The lowest BCUT2D eigenvalue weighted by atomic mass is 10.5. The molecule has 0 fully saturated rings. The van der Waals surface area contributed by atoms with Gasteiger partial charge in [0.05, 0.1) is 5.38 Å². The molecule has 0 saturated heterocycles. The lowest BCUT2D eigenvalue weighted by Crippen LogP contribution is -2.34. The fourth-order valence-electron chi connectivity index (χ4n) is 0.944. The molecule has 0 amide bonds. The molecular formula is C7H12NS2+. The van der Waals surface area contributed by atoms with E-state index < -0.39 is 0 Å². The van der Waals surface area contributed by atoms with Crippen LogP contribution in [0.2, 0.25) is 0 Å². The monoisotopic (exact) mass is 174 g/mol. The molecule has 56 valence electrons. The first-order chi connectivity index (χ1) is 4.79. The smallest absolute Gasteiger partial charge is 0.181 e. The summed E-state index contributed by atoms with van der Waals surface area (Å²) in [6.07, 6.45) is 2.12. The first kappa shape index (κ1) is 8.08. The fourth-order valence-corrected chi connectivity index (χ4v) is 2.77. The van der Waals surface area contributed by atoms with Gasteiger partial charge in [-0.15, -0.1) is 0 Å². The molecule has 3 heteroatoms. The molecule has 0 unspecified atom stereocenters. The third kappa shape index (κ3) is 1.35. The molecule has 10 heavy (non-hydrogen) atoms. The summed E-state index contributed by atoms with van der Waals surface area (Å²) in [5.74, 6) is 0. The van der Waals surface area contributed by atoms with Gasteiger partial charge < -0.3 is 0 Å². The van der Waals surface area contributed by atoms with Crippen LogP contribution in [0.4, 0.5) is 0 Å². The Balaban J connectivity index is 3.01. The summed E-state index contributed by atoms with van der Waals surface area (Å²) in [5.41, 5.74) is 1.37. The molecule has 0 N–H and O–H groups in total. The van der Waals surface area contributed by atoms with E-state index in [0.29, 0.717) is 0 Å². The number of hydrogen-bond acceptors (Lipinski definition) is 2. The highest BCUT2D eigenvalue weighted by atomic mass is 32.2. The molecule has 1 aromatic rings. The van der Waals surface area contributed by atoms with Crippen LogP contribution in [0.25, 0.3) is 0 Å². The van der Waals surface area contributed by atoms with Gasteiger partial charge in [-0.05, 0) is 24.9 Å². The predicted molar refractivity (Wildman–Crippen MR) is 46.7 cm³/mol. The van der Waals surface area contributed by atoms with Crippen molar-refractivity contribution >= 4 is 23.1 Å². The second-order valence-corrected chi connectivity index (χ2v) is 4.00. The van der Waals surface area contributed by atoms with Gasteiger partial charge in [0.2, 0.25) is 0 Å². The van der Waals surface area contributed by atoms with Gasteiger partial charge in [-0.1, -0.05) is 11.3 Å². The highest BCUT2D eigenvalue weighted by Gasteiger charge is 2.12. The molecule has 0 saturated carbocycles. The molecule has 0 aliphatic rings. The molecule has 1 nitrogen and oxygen atoms in total. The van der Waals surface area contributed by atoms with E-state index in [0.717, 1.165) is 6.54 Å². The van der Waals surface area contributed by atoms with Gasteiger partial charge in [-0.25, -0.2) is 0 Å². The second kappa shape index (κ2) is 3.39. The standard InChI is InChI=1S/C7H12NS2/c1-4-8-6(2)5-10-7(8)9-3/h5H,4H2,1-3H3/q+1. The van der Waals surface area contributed by atoms with Crippen LogP contribution in [-0.2, 0) is 6.54 Å². The SMILES string of the molecule is CC[n+]1c(C)csc1SC. The number of rotatable bonds is 2. The number of aromatic nitrogens is 1. The third-order valence-electron chi connectivity index (χ3n) is 1.47. The van der Waals surface area contributed by atoms with Crippen LogP contribution in [0.15, 0.2) is 9.72 Å². The molecule has 0 atom stereocenters. The molecule has 1 aromatic heterocycles. The van der Waals surface area contributed by atoms with Crippen molar-refractivity contribution in [2.45, 2.75) is 24.7 Å². The van der Waals surface area contributed by atoms with Crippen LogP contribution >= 0.6 is 23.1 Å². The van der Waals surface area contributed by atoms with Crippen LogP contribution in [-0.4, -0.2) is 6.26 Å². The topological polar surface area (TPSA) is 3.88 Å². The minimum Gasteiger partial charge on any atom is -0.181 e. The maximum absolute atomic E-state index is 2.33. The lowest BCUT2D eigenvalue weighted by molar-refractivity contribution is -0.728. The Kier molecular flexibility index (Phi) is 2.74. The quantitative estimate of drug-likeness (QED) is 0.490. The van der Waals surface area contributed by atoms with Crippen molar-refractivity contribution in [2.75, 3.05) is 6.26 Å². The minimum atomic E-state index is 1.09. The van der Waals surface area contributed by atoms with Crippen LogP contribution in [0.1, 0.15) is 12.6 Å². The van der Waals surface area contributed by atoms with Gasteiger partial charge in [0, 0.05) is 6.92 Å². The Labute approximate surface area is 70.1 Å². The molecule has 0 aromatic carbocycles. The largest absolute Gasteiger partial charge is 0.297 e. The van der Waals surface area contributed by atoms with Crippen molar-refractivity contribution in [2.24, 2.45) is 0 Å². The number of hydrogen-bond donors (Lipinski definition) is 0. The normalized spacial score (nSPS) is 10.3. The molecule has 1 heterocycles. The van der Waals surface area contributed by atoms with E-state index in [9.17, 15) is 0 Å². The van der Waals surface area contributed by atoms with E-state index >= 15 is 0 Å². The lowest BCUT2D eigenvalue weighted by Gasteiger charge is -1.90. The number of thioether (sulfide) groups is 1. The first-order valence-corrected chi connectivity index (χ1v) is 5.42. The average Bonchev–Trinajstić information content (AvgIpc) is 2.30. The summed E-state index contributed by atoms with van der Waals surface area (Å²) in [6, 6.07) is 0. The van der Waals surface area contributed by atoms with Crippen molar-refractivity contribution in [3.63, 3.8) is 0 Å². The zero-order valence-corrected chi connectivity index (χ0v) is 8.18. The number of thiazole rings is 1. The van der Waals surface area contributed by atoms with Crippen LogP contribution in [0, 0.1) is 6.92 Å². The summed E-state index contributed by atoms with van der Waals surface area (Å²) in [7, 11) is 0. The summed E-state index contributed by atoms with van der Waals surface area (Å²) < 4.78 is 3.73. The highest BCUT2D eigenvalue weighted by molar-refractivity contribution is 8.00. The molecule has 0 radical (unpaired) electrons. The minimum absolute atomic E-state index is 1.09. The van der Waals surface area contributed by atoms with E-state index in [4.69, 9.17) is 0 Å². The van der Waals surface area contributed by atoms with Crippen molar-refractivity contribution in [3.05, 3.63) is 11.1 Å². The zero-order valence-electron chi connectivity index (χ0n) is 6.55. The van der Waals surface area contributed by atoms with Gasteiger partial charge >= 0.3 is 0 Å². The molecule has 0 spiro atoms. The summed E-state index contributed by atoms with van der Waals surface area (Å²) >= 11 is 3.65. The van der Waals surface area contributed by atoms with Gasteiger partial charge in [0.25, 0.3) is 4.34 Å². The van der Waals surface area contributed by atoms with E-state index in [1.54, 1.807) is 0 Å². The van der Waals surface area contributed by atoms with Crippen molar-refractivity contribution in [1.29, 1.82) is 0 Å². The Bertz CT molecular complexity index is 217. The van der Waals surface area contributed by atoms with Crippen molar-refractivity contribution < 1.29 is 4.57 Å². The van der Waals surface area contributed by atoms with E-state index in [1.165, 1.54) is 10.0 Å². The molecule has 1 rings (SSSR count). The van der Waals surface area contributed by atoms with Gasteiger partial charge in [-0.2, -0.15) is 4.57 Å². The second-order valence-electron chi connectivity index (χ2n) is 2.09. The van der Waals surface area contributed by atoms with Crippen LogP contribution in [0.3, 0.4) is 0 Å². The number of aryl methyl sites for hydroxylation is 1. The summed E-state index contributed by atoms with van der Waals surface area (Å²) in [4.78, 5) is 0. The highest BCUT2D eigenvalue weighted by Crippen LogP contribution is 2.17. The predicted octanol–water partition coefficient (Wildman–Crippen LogP) is 2.09. The van der Waals surface area contributed by atoms with E-state index in [2.05, 4.69) is 30.1 Å². The Morgan fingerprint density at radius 3 is 2.80 bits per heavy atom. The van der Waals surface area contributed by atoms with Gasteiger partial charge in [0.15, 0.2) is 5.69 Å². The first-order valence-electron chi connectivity index (χ1n) is 3.31.